The fourth-order valence-electron chi connectivity index (χ4n) is 2.85. The molecule has 2 N–H and O–H groups in total. The number of amides is 1. The summed E-state index contributed by atoms with van der Waals surface area (Å²) in [7, 11) is 0. The quantitative estimate of drug-likeness (QED) is 0.891. The summed E-state index contributed by atoms with van der Waals surface area (Å²) in [5.41, 5.74) is 0.739. The van der Waals surface area contributed by atoms with E-state index in [0.29, 0.717) is 12.0 Å². The molecule has 108 valence electrons. The molecule has 0 saturated heterocycles. The SMILES string of the molecule is Cc1cccc(C(=O)NC2CCCCC2(C)C(=O)O)c1. The summed E-state index contributed by atoms with van der Waals surface area (Å²) in [6.45, 7) is 3.66. The average Bonchev–Trinajstić information content (AvgIpc) is 2.41. The summed E-state index contributed by atoms with van der Waals surface area (Å²) >= 11 is 0. The second-order valence-corrected chi connectivity index (χ2v) is 5.86. The molecule has 0 aliphatic heterocycles. The van der Waals surface area contributed by atoms with Gasteiger partial charge >= 0.3 is 5.97 Å². The predicted octanol–water partition coefficient (Wildman–Crippen LogP) is 2.76. The Balaban J connectivity index is 2.15. The van der Waals surface area contributed by atoms with E-state index >= 15 is 0 Å². The highest BCUT2D eigenvalue weighted by Gasteiger charge is 2.43. The van der Waals surface area contributed by atoms with Gasteiger partial charge in [-0.05, 0) is 38.8 Å². The molecule has 0 heterocycles. The van der Waals surface area contributed by atoms with Gasteiger partial charge in [0.15, 0.2) is 0 Å². The topological polar surface area (TPSA) is 66.4 Å². The highest BCUT2D eigenvalue weighted by Crippen LogP contribution is 2.36. The predicted molar refractivity (Wildman–Crippen MR) is 76.6 cm³/mol. The zero-order chi connectivity index (χ0) is 14.8. The van der Waals surface area contributed by atoms with Crippen molar-refractivity contribution in [1.82, 2.24) is 5.32 Å². The molecule has 1 saturated carbocycles. The zero-order valence-electron chi connectivity index (χ0n) is 12.0. The number of nitrogens with one attached hydrogen (secondary N) is 1. The van der Waals surface area contributed by atoms with Gasteiger partial charge in [-0.1, -0.05) is 30.5 Å². The zero-order valence-corrected chi connectivity index (χ0v) is 12.0. The molecule has 2 atom stereocenters. The van der Waals surface area contributed by atoms with Gasteiger partial charge in [-0.15, -0.1) is 0 Å². The molecule has 0 aromatic heterocycles. The van der Waals surface area contributed by atoms with Gasteiger partial charge in [-0.25, -0.2) is 0 Å². The van der Waals surface area contributed by atoms with E-state index in [9.17, 15) is 14.7 Å². The Hall–Kier alpha value is -1.84. The van der Waals surface area contributed by atoms with E-state index in [-0.39, 0.29) is 11.9 Å². The van der Waals surface area contributed by atoms with E-state index in [1.807, 2.05) is 25.1 Å². The molecule has 2 unspecified atom stereocenters. The van der Waals surface area contributed by atoms with Crippen LogP contribution in [0.15, 0.2) is 24.3 Å². The number of hydrogen-bond acceptors (Lipinski definition) is 2. The van der Waals surface area contributed by atoms with Gasteiger partial charge in [0, 0.05) is 11.6 Å². The van der Waals surface area contributed by atoms with Gasteiger partial charge in [0.05, 0.1) is 5.41 Å². The first-order valence-corrected chi connectivity index (χ1v) is 7.04. The number of carbonyl (C=O) groups is 2. The van der Waals surface area contributed by atoms with Crippen molar-refractivity contribution in [2.45, 2.75) is 45.6 Å². The van der Waals surface area contributed by atoms with Crippen LogP contribution in [-0.2, 0) is 4.79 Å². The normalized spacial score (nSPS) is 26.0. The van der Waals surface area contributed by atoms with Crippen molar-refractivity contribution in [3.63, 3.8) is 0 Å². The molecular formula is C16H21NO3. The number of carboxylic acid groups (broad SMARTS) is 1. The number of carboxylic acids is 1. The minimum Gasteiger partial charge on any atom is -0.481 e. The minimum atomic E-state index is -0.863. The molecule has 0 radical (unpaired) electrons. The maximum absolute atomic E-state index is 12.3. The summed E-state index contributed by atoms with van der Waals surface area (Å²) in [5, 5.41) is 12.4. The molecule has 20 heavy (non-hydrogen) atoms. The van der Waals surface area contributed by atoms with Crippen molar-refractivity contribution < 1.29 is 14.7 Å². The van der Waals surface area contributed by atoms with Gasteiger partial charge in [-0.2, -0.15) is 0 Å². The van der Waals surface area contributed by atoms with Crippen LogP contribution in [0.4, 0.5) is 0 Å². The molecule has 4 nitrogen and oxygen atoms in total. The summed E-state index contributed by atoms with van der Waals surface area (Å²) in [5.74, 6) is -1.01. The van der Waals surface area contributed by atoms with Crippen molar-refractivity contribution in [3.05, 3.63) is 35.4 Å². The molecule has 1 fully saturated rings. The second-order valence-electron chi connectivity index (χ2n) is 5.86. The number of aryl methyl sites for hydroxylation is 1. The number of carbonyl (C=O) groups excluding carboxylic acids is 1. The van der Waals surface area contributed by atoms with E-state index < -0.39 is 11.4 Å². The van der Waals surface area contributed by atoms with Gasteiger partial charge in [-0.3, -0.25) is 9.59 Å². The van der Waals surface area contributed by atoms with Crippen LogP contribution in [-0.4, -0.2) is 23.0 Å². The number of rotatable bonds is 3. The molecule has 2 rings (SSSR count). The van der Waals surface area contributed by atoms with Crippen molar-refractivity contribution in [2.75, 3.05) is 0 Å². The largest absolute Gasteiger partial charge is 0.481 e. The fraction of sp³-hybridized carbons (Fsp3) is 0.500. The lowest BCUT2D eigenvalue weighted by atomic mass is 9.71. The van der Waals surface area contributed by atoms with Crippen LogP contribution in [0.5, 0.6) is 0 Å². The minimum absolute atomic E-state index is 0.187. The lowest BCUT2D eigenvalue weighted by molar-refractivity contribution is -0.151. The van der Waals surface area contributed by atoms with Crippen LogP contribution in [0.1, 0.15) is 48.5 Å². The first kappa shape index (κ1) is 14.6. The third-order valence-corrected chi connectivity index (χ3v) is 4.28. The Bertz CT molecular complexity index is 526. The Labute approximate surface area is 119 Å². The number of aliphatic carboxylic acids is 1. The van der Waals surface area contributed by atoms with Crippen molar-refractivity contribution in [1.29, 1.82) is 0 Å². The molecule has 0 spiro atoms. The Kier molecular flexibility index (Phi) is 4.12. The van der Waals surface area contributed by atoms with Gasteiger partial charge in [0.1, 0.15) is 0 Å². The van der Waals surface area contributed by atoms with Gasteiger partial charge in [0.25, 0.3) is 5.91 Å². The van der Waals surface area contributed by atoms with Crippen molar-refractivity contribution >= 4 is 11.9 Å². The Morgan fingerprint density at radius 1 is 1.35 bits per heavy atom. The molecule has 0 bridgehead atoms. The summed E-state index contributed by atoms with van der Waals surface area (Å²) in [6.07, 6.45) is 3.20. The lowest BCUT2D eigenvalue weighted by Crippen LogP contribution is -2.52. The number of benzene rings is 1. The Morgan fingerprint density at radius 3 is 2.75 bits per heavy atom. The molecule has 1 aromatic rings. The fourth-order valence-corrected chi connectivity index (χ4v) is 2.85. The monoisotopic (exact) mass is 275 g/mol. The standard InChI is InChI=1S/C16H21NO3/c1-11-6-5-7-12(10-11)14(18)17-13-8-3-4-9-16(13,2)15(19)20/h5-7,10,13H,3-4,8-9H2,1-2H3,(H,17,18)(H,19,20). The van der Waals surface area contributed by atoms with Gasteiger partial charge in [0.2, 0.25) is 0 Å². The van der Waals surface area contributed by atoms with Crippen LogP contribution in [0, 0.1) is 12.3 Å². The molecule has 1 aliphatic carbocycles. The van der Waals surface area contributed by atoms with Crippen LogP contribution in [0.25, 0.3) is 0 Å². The Morgan fingerprint density at radius 2 is 2.10 bits per heavy atom. The van der Waals surface area contributed by atoms with Crippen LogP contribution in [0.3, 0.4) is 0 Å². The second kappa shape index (κ2) is 5.65. The van der Waals surface area contributed by atoms with E-state index in [0.717, 1.165) is 24.8 Å². The first-order valence-electron chi connectivity index (χ1n) is 7.04. The summed E-state index contributed by atoms with van der Waals surface area (Å²) in [4.78, 5) is 23.8. The van der Waals surface area contributed by atoms with Crippen LogP contribution >= 0.6 is 0 Å². The van der Waals surface area contributed by atoms with Crippen LogP contribution in [0.2, 0.25) is 0 Å². The smallest absolute Gasteiger partial charge is 0.311 e. The van der Waals surface area contributed by atoms with Crippen molar-refractivity contribution in [2.24, 2.45) is 5.41 Å². The molecule has 1 aromatic carbocycles. The summed E-state index contributed by atoms with van der Waals surface area (Å²) in [6, 6.07) is 7.03. The highest BCUT2D eigenvalue weighted by atomic mass is 16.4. The van der Waals surface area contributed by atoms with Gasteiger partial charge < -0.3 is 10.4 Å². The summed E-state index contributed by atoms with van der Waals surface area (Å²) < 4.78 is 0. The third-order valence-electron chi connectivity index (χ3n) is 4.28. The van der Waals surface area contributed by atoms with E-state index in [4.69, 9.17) is 0 Å². The molecule has 1 aliphatic rings. The van der Waals surface area contributed by atoms with E-state index in [1.165, 1.54) is 0 Å². The maximum atomic E-state index is 12.3. The highest BCUT2D eigenvalue weighted by molar-refractivity contribution is 5.95. The molecule has 4 heteroatoms. The lowest BCUT2D eigenvalue weighted by Gasteiger charge is -2.38. The average molecular weight is 275 g/mol. The molecular weight excluding hydrogens is 254 g/mol. The maximum Gasteiger partial charge on any atom is 0.311 e. The number of hydrogen-bond donors (Lipinski definition) is 2. The third kappa shape index (κ3) is 2.84. The molecule has 1 amide bonds. The first-order chi connectivity index (χ1) is 9.43. The van der Waals surface area contributed by atoms with E-state index in [2.05, 4.69) is 5.32 Å². The van der Waals surface area contributed by atoms with Crippen molar-refractivity contribution in [3.8, 4) is 0 Å². The van der Waals surface area contributed by atoms with E-state index in [1.54, 1.807) is 13.0 Å². The van der Waals surface area contributed by atoms with Crippen LogP contribution < -0.4 is 5.32 Å².